The first-order chi connectivity index (χ1) is 23.1. The van der Waals surface area contributed by atoms with Crippen LogP contribution in [0, 0.1) is 34.0 Å². The third-order valence-electron chi connectivity index (χ3n) is 13.6. The molecule has 0 aromatic heterocycles. The molecule has 0 amide bonds. The molecule has 2 bridgehead atoms. The minimum absolute atomic E-state index is 0.237. The summed E-state index contributed by atoms with van der Waals surface area (Å²) in [4.78, 5) is 68.2. The number of carbonyl (C=O) groups excluding carboxylic acids is 5. The minimum atomic E-state index is -1.80. The molecule has 5 heterocycles. The number of Topliss-reactive ketones (excluding diaryl/α,β-unsaturated/α-hetero) is 1. The zero-order chi connectivity index (χ0) is 35.3. The Hall–Kier alpha value is -3.37. The molecule has 49 heavy (non-hydrogen) atoms. The standard InChI is InChI=1S/C34H40O15/c1-7-14(2)25(38)47-17-11-18(46-15(3)35)32(27(40)42-6)13-44-21-23(32)31(17)12-45-26(39)20(36)22(31)29(4,24(21)37)34-19-10-16(30(34,5)49-34)33(41)8-9-43-28(33)48-19/h7-9,16-19,21-24,28,37,41H,10-13H2,1-6H3/b14-7+/t16-,17+,18-,19+,21-,22+,23+,24-,28-,29+,30+,31-,32+,33+,34+/m1/s1. The second-order valence-electron chi connectivity index (χ2n) is 15.2. The van der Waals surface area contributed by atoms with Crippen LogP contribution < -0.4 is 0 Å². The van der Waals surface area contributed by atoms with E-state index in [4.69, 9.17) is 37.9 Å². The number of rotatable bonds is 5. The van der Waals surface area contributed by atoms with E-state index in [1.54, 1.807) is 33.8 Å². The van der Waals surface area contributed by atoms with Gasteiger partial charge in [0, 0.05) is 36.2 Å². The summed E-state index contributed by atoms with van der Waals surface area (Å²) in [5.41, 5.74) is -9.31. The van der Waals surface area contributed by atoms with Gasteiger partial charge in [-0.3, -0.25) is 14.4 Å². The van der Waals surface area contributed by atoms with Gasteiger partial charge >= 0.3 is 23.9 Å². The van der Waals surface area contributed by atoms with Crippen LogP contribution in [0.1, 0.15) is 47.5 Å². The molecule has 8 rings (SSSR count). The molecular weight excluding hydrogens is 648 g/mol. The van der Waals surface area contributed by atoms with Crippen LogP contribution in [-0.4, -0.2) is 114 Å². The fourth-order valence-corrected chi connectivity index (χ4v) is 11.7. The van der Waals surface area contributed by atoms with Crippen LogP contribution in [0.2, 0.25) is 0 Å². The lowest BCUT2D eigenvalue weighted by molar-refractivity contribution is -0.306. The van der Waals surface area contributed by atoms with Crippen LogP contribution in [-0.2, 0) is 61.9 Å². The molecule has 15 nitrogen and oxygen atoms in total. The van der Waals surface area contributed by atoms with Crippen LogP contribution in [0.5, 0.6) is 0 Å². The van der Waals surface area contributed by atoms with Crippen LogP contribution in [0.15, 0.2) is 24.0 Å². The Morgan fingerprint density at radius 1 is 1.06 bits per heavy atom. The summed E-state index contributed by atoms with van der Waals surface area (Å²) in [5.74, 6) is -7.84. The van der Waals surface area contributed by atoms with Gasteiger partial charge in [0.05, 0.1) is 49.6 Å². The first-order valence-corrected chi connectivity index (χ1v) is 16.6. The van der Waals surface area contributed by atoms with E-state index in [1.807, 2.05) is 0 Å². The number of methoxy groups -OCH3 is 1. The molecule has 0 aromatic carbocycles. The number of hydrogen-bond donors (Lipinski definition) is 2. The number of carbonyl (C=O) groups is 5. The number of aliphatic hydroxyl groups is 2. The smallest absolute Gasteiger partial charge is 0.374 e. The second kappa shape index (κ2) is 9.90. The van der Waals surface area contributed by atoms with Crippen molar-refractivity contribution in [3.05, 3.63) is 24.0 Å². The summed E-state index contributed by atoms with van der Waals surface area (Å²) in [6.45, 7) is 6.86. The SMILES string of the molecule is C/C=C(\C)C(=O)O[C@H]1C[C@@H](OC(C)=O)[C@@]2(C(=O)OC)CO[C@@H]3[C@H]2[C@]12COC(=O)C(=O)[C@H]2[C@](C)([C@]12O[C@@]1(C)[C@H]1C[C@@H]2O[C@H]2OC=C[C@@]21O)[C@@H]3O. The van der Waals surface area contributed by atoms with Gasteiger partial charge in [-0.25, -0.2) is 9.59 Å². The third-order valence-corrected chi connectivity index (χ3v) is 13.6. The maximum Gasteiger partial charge on any atom is 0.374 e. The van der Waals surface area contributed by atoms with Crippen LogP contribution in [0.4, 0.5) is 0 Å². The van der Waals surface area contributed by atoms with Gasteiger partial charge < -0.3 is 48.1 Å². The minimum Gasteiger partial charge on any atom is -0.469 e. The number of allylic oxidation sites excluding steroid dienone is 1. The lowest BCUT2D eigenvalue weighted by Gasteiger charge is -2.67. The first-order valence-electron chi connectivity index (χ1n) is 16.6. The average Bonchev–Trinajstić information content (AvgIpc) is 3.32. The summed E-state index contributed by atoms with van der Waals surface area (Å²) in [6, 6.07) is 0. The van der Waals surface area contributed by atoms with Crippen molar-refractivity contribution in [2.24, 2.45) is 34.0 Å². The molecule has 7 fully saturated rings. The van der Waals surface area contributed by atoms with E-state index in [2.05, 4.69) is 0 Å². The van der Waals surface area contributed by atoms with Crippen molar-refractivity contribution in [1.29, 1.82) is 0 Å². The van der Waals surface area contributed by atoms with E-state index < -0.39 is 124 Å². The summed E-state index contributed by atoms with van der Waals surface area (Å²) in [5, 5.41) is 24.5. The summed E-state index contributed by atoms with van der Waals surface area (Å²) >= 11 is 0. The van der Waals surface area contributed by atoms with Gasteiger partial charge in [0.15, 0.2) is 5.60 Å². The van der Waals surface area contributed by atoms with Crippen molar-refractivity contribution in [3.8, 4) is 0 Å². The molecule has 266 valence electrons. The molecule has 0 radical (unpaired) electrons. The zero-order valence-corrected chi connectivity index (χ0v) is 28.0. The predicted molar refractivity (Wildman–Crippen MR) is 157 cm³/mol. The molecule has 3 saturated carbocycles. The Kier molecular flexibility index (Phi) is 6.63. The Bertz CT molecular complexity index is 1640. The maximum atomic E-state index is 14.6. The topological polar surface area (TPSA) is 203 Å². The molecule has 8 aliphatic rings. The monoisotopic (exact) mass is 688 g/mol. The summed E-state index contributed by atoms with van der Waals surface area (Å²) in [7, 11) is 1.16. The maximum absolute atomic E-state index is 14.6. The first kappa shape index (κ1) is 32.8. The number of ether oxygens (including phenoxy) is 8. The van der Waals surface area contributed by atoms with Crippen molar-refractivity contribution in [3.63, 3.8) is 0 Å². The number of ketones is 1. The quantitative estimate of drug-likeness (QED) is 0.129. The number of hydrogen-bond acceptors (Lipinski definition) is 15. The molecule has 2 N–H and O–H groups in total. The molecule has 4 saturated heterocycles. The van der Waals surface area contributed by atoms with Gasteiger partial charge in [0.1, 0.15) is 35.4 Å². The number of epoxide rings is 1. The van der Waals surface area contributed by atoms with Gasteiger partial charge in [-0.15, -0.1) is 0 Å². The highest BCUT2D eigenvalue weighted by Crippen LogP contribution is 2.81. The van der Waals surface area contributed by atoms with Gasteiger partial charge in [-0.1, -0.05) is 13.0 Å². The van der Waals surface area contributed by atoms with Gasteiger partial charge in [0.25, 0.3) is 0 Å². The number of esters is 4. The van der Waals surface area contributed by atoms with Crippen molar-refractivity contribution < 1.29 is 72.1 Å². The van der Waals surface area contributed by atoms with E-state index in [0.29, 0.717) is 0 Å². The highest BCUT2D eigenvalue weighted by atomic mass is 16.7. The van der Waals surface area contributed by atoms with Crippen LogP contribution in [0.25, 0.3) is 0 Å². The third kappa shape index (κ3) is 3.44. The van der Waals surface area contributed by atoms with E-state index in [1.165, 1.54) is 19.3 Å². The average molecular weight is 689 g/mol. The molecule has 15 atom stereocenters. The lowest BCUT2D eigenvalue weighted by Crippen LogP contribution is -2.80. The van der Waals surface area contributed by atoms with Gasteiger partial charge in [-0.05, 0) is 33.3 Å². The van der Waals surface area contributed by atoms with Gasteiger partial charge in [-0.2, -0.15) is 0 Å². The fraction of sp³-hybridized carbons (Fsp3) is 0.735. The number of aliphatic hydroxyl groups excluding tert-OH is 1. The highest BCUT2D eigenvalue weighted by molar-refractivity contribution is 6.35. The molecule has 0 unspecified atom stereocenters. The van der Waals surface area contributed by atoms with E-state index in [9.17, 15) is 34.2 Å². The van der Waals surface area contributed by atoms with Crippen molar-refractivity contribution in [2.75, 3.05) is 20.3 Å². The van der Waals surface area contributed by atoms with E-state index >= 15 is 0 Å². The molecule has 0 aromatic rings. The molecular formula is C34H40O15. The lowest BCUT2D eigenvalue weighted by atomic mass is 9.37. The van der Waals surface area contributed by atoms with Crippen molar-refractivity contribution in [1.82, 2.24) is 0 Å². The van der Waals surface area contributed by atoms with Gasteiger partial charge in [0.2, 0.25) is 12.1 Å². The Morgan fingerprint density at radius 2 is 1.80 bits per heavy atom. The molecule has 3 aliphatic carbocycles. The Balaban J connectivity index is 1.37. The number of cyclic esters (lactones) is 1. The Morgan fingerprint density at radius 3 is 2.47 bits per heavy atom. The highest BCUT2D eigenvalue weighted by Gasteiger charge is 2.95. The van der Waals surface area contributed by atoms with E-state index in [0.717, 1.165) is 7.11 Å². The molecule has 15 heteroatoms. The Labute approximate surface area is 281 Å². The molecule has 5 aliphatic heterocycles. The van der Waals surface area contributed by atoms with Crippen molar-refractivity contribution >= 4 is 29.7 Å². The van der Waals surface area contributed by atoms with E-state index in [-0.39, 0.29) is 25.0 Å². The summed E-state index contributed by atoms with van der Waals surface area (Å²) < 4.78 is 47.9. The van der Waals surface area contributed by atoms with Crippen LogP contribution >= 0.6 is 0 Å². The van der Waals surface area contributed by atoms with Crippen LogP contribution in [0.3, 0.4) is 0 Å². The fourth-order valence-electron chi connectivity index (χ4n) is 11.7. The second-order valence-corrected chi connectivity index (χ2v) is 15.2. The normalized spacial score (nSPS) is 52.9. The largest absolute Gasteiger partial charge is 0.469 e. The predicted octanol–water partition coefficient (Wildman–Crippen LogP) is 0.0310. The number of fused-ring (bicyclic) bond motifs is 7. The molecule has 1 spiro atoms. The summed E-state index contributed by atoms with van der Waals surface area (Å²) in [6.07, 6.45) is -2.99. The zero-order valence-electron chi connectivity index (χ0n) is 28.0. The van der Waals surface area contributed by atoms with Crippen molar-refractivity contribution in [2.45, 2.75) is 101 Å².